The summed E-state index contributed by atoms with van der Waals surface area (Å²) in [6.45, 7) is 10.6. The molecular formula is C28H39NO3. The van der Waals surface area contributed by atoms with Crippen LogP contribution < -0.4 is 5.32 Å². The van der Waals surface area contributed by atoms with Gasteiger partial charge < -0.3 is 10.1 Å². The molecule has 0 aromatic heterocycles. The zero-order chi connectivity index (χ0) is 23.3. The summed E-state index contributed by atoms with van der Waals surface area (Å²) in [4.78, 5) is 25.4. The Hall–Kier alpha value is -2.02. The Morgan fingerprint density at radius 2 is 1.91 bits per heavy atom. The van der Waals surface area contributed by atoms with Crippen molar-refractivity contribution in [3.63, 3.8) is 0 Å². The lowest BCUT2D eigenvalue weighted by molar-refractivity contribution is -0.136. The number of rotatable bonds is 3. The first-order valence-electron chi connectivity index (χ1n) is 12.3. The van der Waals surface area contributed by atoms with Crippen molar-refractivity contribution in [1.82, 2.24) is 5.32 Å². The Kier molecular flexibility index (Phi) is 5.85. The van der Waals surface area contributed by atoms with Gasteiger partial charge in [0.25, 0.3) is 0 Å². The molecule has 2 fully saturated rings. The molecule has 4 aliphatic rings. The number of ether oxygens (including phenoxy) is 1. The van der Waals surface area contributed by atoms with Crippen molar-refractivity contribution >= 4 is 11.9 Å². The smallest absolute Gasteiger partial charge is 0.333 e. The molecule has 0 spiro atoms. The molecule has 0 aliphatic heterocycles. The third kappa shape index (κ3) is 3.62. The Morgan fingerprint density at radius 3 is 2.59 bits per heavy atom. The molecule has 0 bridgehead atoms. The van der Waals surface area contributed by atoms with E-state index in [1.807, 2.05) is 20.8 Å². The molecule has 0 aromatic rings. The summed E-state index contributed by atoms with van der Waals surface area (Å²) < 4.78 is 4.98. The highest BCUT2D eigenvalue weighted by molar-refractivity contribution is 5.89. The zero-order valence-electron chi connectivity index (χ0n) is 20.6. The fourth-order valence-electron chi connectivity index (χ4n) is 7.79. The number of amides is 1. The zero-order valence-corrected chi connectivity index (χ0v) is 20.6. The van der Waals surface area contributed by atoms with Gasteiger partial charge in [-0.25, -0.2) is 4.79 Å². The van der Waals surface area contributed by atoms with Gasteiger partial charge in [-0.15, -0.1) is 5.92 Å². The van der Waals surface area contributed by atoms with Crippen LogP contribution in [0.2, 0.25) is 0 Å². The van der Waals surface area contributed by atoms with Crippen LogP contribution in [0, 0.1) is 46.3 Å². The maximum atomic E-state index is 13.3. The van der Waals surface area contributed by atoms with Crippen molar-refractivity contribution in [2.45, 2.75) is 85.1 Å². The lowest BCUT2D eigenvalue weighted by atomic mass is 9.48. The van der Waals surface area contributed by atoms with Gasteiger partial charge in [-0.3, -0.25) is 4.79 Å². The van der Waals surface area contributed by atoms with Gasteiger partial charge in [0, 0.05) is 11.5 Å². The molecule has 4 rings (SSSR count). The van der Waals surface area contributed by atoms with E-state index in [0.717, 1.165) is 50.5 Å². The molecule has 0 aromatic carbocycles. The minimum Gasteiger partial charge on any atom is -0.466 e. The SMILES string of the molecule is CC#CC(C)(C)NC(=O)[C@H]1CC[C@H]2[C@@H]3CC=C4C=C(C(=O)OC)CC[C@]4(C)[C@H]3CC[C@]12C. The summed E-state index contributed by atoms with van der Waals surface area (Å²) in [7, 11) is 1.47. The van der Waals surface area contributed by atoms with Crippen molar-refractivity contribution in [3.05, 3.63) is 23.3 Å². The number of nitrogens with one attached hydrogen (secondary N) is 1. The standard InChI is InChI=1S/C28H39NO3/c1-7-14-26(2,3)29-24(30)23-11-10-21-20-9-8-19-17-18(25(31)32-6)12-15-27(19,4)22(20)13-16-28(21,23)5/h8,17,20-23H,9-13,15-16H2,1-6H3,(H,29,30)/t20-,21-,22-,23+,27-,28-/m0/s1. The van der Waals surface area contributed by atoms with Crippen LogP contribution in [-0.2, 0) is 14.3 Å². The van der Waals surface area contributed by atoms with E-state index in [9.17, 15) is 9.59 Å². The number of fused-ring (bicyclic) bond motifs is 5. The predicted molar refractivity (Wildman–Crippen MR) is 126 cm³/mol. The van der Waals surface area contributed by atoms with Gasteiger partial charge in [-0.05, 0) is 106 Å². The quantitative estimate of drug-likeness (QED) is 0.488. The fourth-order valence-corrected chi connectivity index (χ4v) is 7.79. The van der Waals surface area contributed by atoms with E-state index >= 15 is 0 Å². The minimum absolute atomic E-state index is 0.0599. The van der Waals surface area contributed by atoms with Crippen LogP contribution >= 0.6 is 0 Å². The van der Waals surface area contributed by atoms with E-state index < -0.39 is 5.54 Å². The van der Waals surface area contributed by atoms with Crippen molar-refractivity contribution in [3.8, 4) is 11.8 Å². The molecule has 6 atom stereocenters. The number of allylic oxidation sites excluding steroid dienone is 3. The van der Waals surface area contributed by atoms with Crippen LogP contribution in [0.25, 0.3) is 0 Å². The van der Waals surface area contributed by atoms with Crippen LogP contribution in [-0.4, -0.2) is 24.5 Å². The summed E-state index contributed by atoms with van der Waals surface area (Å²) >= 11 is 0. The highest BCUT2D eigenvalue weighted by Gasteiger charge is 2.59. The minimum atomic E-state index is -0.487. The molecule has 1 N–H and O–H groups in total. The van der Waals surface area contributed by atoms with E-state index in [4.69, 9.17) is 4.74 Å². The van der Waals surface area contributed by atoms with E-state index in [1.165, 1.54) is 12.7 Å². The number of hydrogen-bond acceptors (Lipinski definition) is 3. The maximum absolute atomic E-state index is 13.3. The average Bonchev–Trinajstić information content (AvgIpc) is 3.09. The first kappa shape index (κ1) is 23.1. The van der Waals surface area contributed by atoms with Gasteiger partial charge in [0.1, 0.15) is 0 Å². The monoisotopic (exact) mass is 437 g/mol. The summed E-state index contributed by atoms with van der Waals surface area (Å²) in [6, 6.07) is 0. The molecule has 0 radical (unpaired) electrons. The van der Waals surface area contributed by atoms with Crippen LogP contribution in [0.3, 0.4) is 0 Å². The van der Waals surface area contributed by atoms with Gasteiger partial charge in [0.15, 0.2) is 0 Å². The first-order chi connectivity index (χ1) is 15.1. The Bertz CT molecular complexity index is 932. The number of carbonyl (C=O) groups is 2. The normalized spacial score (nSPS) is 38.1. The van der Waals surface area contributed by atoms with Gasteiger partial charge in [-0.1, -0.05) is 25.8 Å². The van der Waals surface area contributed by atoms with E-state index in [1.54, 1.807) is 0 Å². The van der Waals surface area contributed by atoms with E-state index in [0.29, 0.717) is 17.8 Å². The van der Waals surface area contributed by atoms with Crippen molar-refractivity contribution in [1.29, 1.82) is 0 Å². The van der Waals surface area contributed by atoms with Crippen LogP contribution in [0.15, 0.2) is 23.3 Å². The predicted octanol–water partition coefficient (Wildman–Crippen LogP) is 5.19. The summed E-state index contributed by atoms with van der Waals surface area (Å²) in [5, 5.41) is 3.23. The molecule has 0 unspecified atom stereocenters. The van der Waals surface area contributed by atoms with Crippen LogP contribution in [0.4, 0.5) is 0 Å². The van der Waals surface area contributed by atoms with Gasteiger partial charge in [0.2, 0.25) is 5.91 Å². The highest BCUT2D eigenvalue weighted by atomic mass is 16.5. The molecule has 1 amide bonds. The molecule has 174 valence electrons. The largest absolute Gasteiger partial charge is 0.466 e. The summed E-state index contributed by atoms with van der Waals surface area (Å²) in [5.74, 6) is 7.97. The molecule has 32 heavy (non-hydrogen) atoms. The van der Waals surface area contributed by atoms with Crippen LogP contribution in [0.1, 0.15) is 79.6 Å². The molecule has 2 saturated carbocycles. The Balaban J connectivity index is 1.57. The topological polar surface area (TPSA) is 55.4 Å². The molecule has 4 aliphatic carbocycles. The second kappa shape index (κ2) is 8.08. The van der Waals surface area contributed by atoms with Crippen LogP contribution in [0.5, 0.6) is 0 Å². The molecule has 4 nitrogen and oxygen atoms in total. The van der Waals surface area contributed by atoms with Gasteiger partial charge in [0.05, 0.1) is 12.6 Å². The Labute approximate surface area is 193 Å². The van der Waals surface area contributed by atoms with E-state index in [2.05, 4.69) is 43.2 Å². The Morgan fingerprint density at radius 1 is 1.16 bits per heavy atom. The lowest BCUT2D eigenvalue weighted by Crippen LogP contribution is -2.53. The van der Waals surface area contributed by atoms with Gasteiger partial charge >= 0.3 is 5.97 Å². The number of hydrogen-bond donors (Lipinski definition) is 1. The van der Waals surface area contributed by atoms with Crippen molar-refractivity contribution < 1.29 is 14.3 Å². The second-order valence-corrected chi connectivity index (χ2v) is 11.5. The van der Waals surface area contributed by atoms with E-state index in [-0.39, 0.29) is 28.6 Å². The average molecular weight is 438 g/mol. The highest BCUT2D eigenvalue weighted by Crippen LogP contribution is 2.66. The summed E-state index contributed by atoms with van der Waals surface area (Å²) in [5.41, 5.74) is 1.84. The lowest BCUT2D eigenvalue weighted by Gasteiger charge is -2.57. The number of carbonyl (C=O) groups excluding carboxylic acids is 2. The molecule has 0 heterocycles. The first-order valence-corrected chi connectivity index (χ1v) is 12.3. The maximum Gasteiger partial charge on any atom is 0.333 e. The summed E-state index contributed by atoms with van der Waals surface area (Å²) in [6.07, 6.45) is 11.7. The fraction of sp³-hybridized carbons (Fsp3) is 0.714. The molecule has 0 saturated heterocycles. The third-order valence-electron chi connectivity index (χ3n) is 9.41. The molecule has 4 heteroatoms. The van der Waals surface area contributed by atoms with Gasteiger partial charge in [-0.2, -0.15) is 0 Å². The third-order valence-corrected chi connectivity index (χ3v) is 9.41. The second-order valence-electron chi connectivity index (χ2n) is 11.5. The van der Waals surface area contributed by atoms with Crippen molar-refractivity contribution in [2.75, 3.05) is 7.11 Å². The number of esters is 1. The molecular weight excluding hydrogens is 398 g/mol. The van der Waals surface area contributed by atoms with Crippen molar-refractivity contribution in [2.24, 2.45) is 34.5 Å². The number of methoxy groups -OCH3 is 1.